The molecule has 31 valence electrons. The number of carboxylic acid groups (broad SMARTS) is 1. The molecule has 0 spiro atoms. The molecule has 6 heavy (non-hydrogen) atoms. The maximum absolute atomic E-state index is 9.40. The molecule has 0 fully saturated rings. The van der Waals surface area contributed by atoms with Crippen LogP contribution in [-0.2, 0) is 4.79 Å². The molecule has 0 amide bonds. The van der Waals surface area contributed by atoms with Crippen molar-refractivity contribution in [1.29, 1.82) is 0 Å². The lowest BCUT2D eigenvalue weighted by Gasteiger charge is -1.71. The minimum atomic E-state index is -1.07. The molecule has 0 saturated carbocycles. The smallest absolute Gasteiger partial charge is 0.320 e. The number of hydrogen-bond donors (Lipinski definition) is 1. The number of hydrogen-bond acceptors (Lipinski definition) is 1. The van der Waals surface area contributed by atoms with E-state index in [0.29, 0.717) is 0 Å². The quantitative estimate of drug-likeness (QED) is 0.450. The summed E-state index contributed by atoms with van der Waals surface area (Å²) in [6.45, 7) is 0. The highest BCUT2D eigenvalue weighted by atomic mass is 16.4. The Morgan fingerprint density at radius 1 is 2.00 bits per heavy atom. The average Bonchev–Trinajstić information content (AvgIpc) is 1.35. The summed E-state index contributed by atoms with van der Waals surface area (Å²) in [6, 6.07) is 0. The molecule has 0 saturated heterocycles. The number of carbonyl (C=O) groups is 1. The number of carboxylic acids is 1. The van der Waals surface area contributed by atoms with E-state index in [9.17, 15) is 4.79 Å². The zero-order chi connectivity index (χ0) is 4.99. The maximum Gasteiger partial charge on any atom is 0.320 e. The molecule has 0 rings (SSSR count). The molecule has 0 atom stereocenters. The molecule has 0 aromatic heterocycles. The molecule has 0 aliphatic rings. The van der Waals surface area contributed by atoms with E-state index in [1.807, 2.05) is 5.92 Å². The zero-order valence-corrected chi connectivity index (χ0v) is 3.01. The van der Waals surface area contributed by atoms with Crippen LogP contribution >= 0.6 is 0 Å². The van der Waals surface area contributed by atoms with Crippen molar-refractivity contribution in [3.63, 3.8) is 0 Å². The molecule has 2 heteroatoms. The van der Waals surface area contributed by atoms with Gasteiger partial charge in [0.25, 0.3) is 0 Å². The van der Waals surface area contributed by atoms with Crippen LogP contribution in [-0.4, -0.2) is 11.1 Å². The van der Waals surface area contributed by atoms with Crippen molar-refractivity contribution < 1.29 is 9.90 Å². The summed E-state index contributed by atoms with van der Waals surface area (Å²) < 4.78 is 0. The van der Waals surface area contributed by atoms with Gasteiger partial charge in [0.1, 0.15) is 6.42 Å². The summed E-state index contributed by atoms with van der Waals surface area (Å²) in [5.41, 5.74) is 0. The highest BCUT2D eigenvalue weighted by molar-refractivity contribution is 5.80. The van der Waals surface area contributed by atoms with Crippen LogP contribution < -0.4 is 0 Å². The van der Waals surface area contributed by atoms with E-state index in [0.717, 1.165) is 6.42 Å². The normalized spacial score (nSPS) is 6.50. The summed E-state index contributed by atoms with van der Waals surface area (Å²) in [5, 5.41) is 7.72. The van der Waals surface area contributed by atoms with Crippen LogP contribution in [0.5, 0.6) is 0 Å². The van der Waals surface area contributed by atoms with E-state index in [4.69, 9.17) is 5.11 Å². The van der Waals surface area contributed by atoms with Crippen LogP contribution in [0.25, 0.3) is 0 Å². The number of terminal acetylenes is 1. The van der Waals surface area contributed by atoms with Crippen molar-refractivity contribution in [2.24, 2.45) is 0 Å². The van der Waals surface area contributed by atoms with Gasteiger partial charge in [-0.1, -0.05) is 5.92 Å². The van der Waals surface area contributed by atoms with Gasteiger partial charge >= 0.3 is 5.97 Å². The van der Waals surface area contributed by atoms with Crippen LogP contribution in [0.4, 0.5) is 0 Å². The fourth-order valence-electron chi connectivity index (χ4n) is 0.0713. The van der Waals surface area contributed by atoms with Crippen LogP contribution in [0.2, 0.25) is 0 Å². The van der Waals surface area contributed by atoms with E-state index in [2.05, 4.69) is 6.42 Å². The third-order valence-electron chi connectivity index (χ3n) is 0.207. The molecule has 0 unspecified atom stereocenters. The van der Waals surface area contributed by atoms with Crippen molar-refractivity contribution in [3.8, 4) is 12.3 Å². The van der Waals surface area contributed by atoms with Gasteiger partial charge in [-0.2, -0.15) is 0 Å². The van der Waals surface area contributed by atoms with Gasteiger partial charge < -0.3 is 5.11 Å². The van der Waals surface area contributed by atoms with E-state index >= 15 is 0 Å². The lowest BCUT2D eigenvalue weighted by molar-refractivity contribution is -0.132. The molecule has 0 aromatic carbocycles. The molecule has 1 radical (unpaired) electrons. The van der Waals surface area contributed by atoms with Crippen molar-refractivity contribution >= 4 is 5.97 Å². The molecule has 0 heterocycles. The Labute approximate surface area is 35.8 Å². The SMILES string of the molecule is C#C[CH]C(=O)O. The fraction of sp³-hybridized carbons (Fsp3) is 0. The van der Waals surface area contributed by atoms with Gasteiger partial charge in [-0.3, -0.25) is 4.79 Å². The molecule has 2 nitrogen and oxygen atoms in total. The Hall–Kier alpha value is -0.970. The molecule has 0 bridgehead atoms. The van der Waals surface area contributed by atoms with E-state index in [1.54, 1.807) is 0 Å². The van der Waals surface area contributed by atoms with E-state index < -0.39 is 5.97 Å². The van der Waals surface area contributed by atoms with Crippen LogP contribution in [0, 0.1) is 18.8 Å². The first-order valence-corrected chi connectivity index (χ1v) is 1.29. The third-order valence-corrected chi connectivity index (χ3v) is 0.207. The summed E-state index contributed by atoms with van der Waals surface area (Å²) in [6.07, 6.45) is 5.28. The Bertz CT molecular complexity index is 88.2. The fourth-order valence-corrected chi connectivity index (χ4v) is 0.0713. The van der Waals surface area contributed by atoms with Gasteiger partial charge in [-0.15, -0.1) is 6.42 Å². The van der Waals surface area contributed by atoms with Gasteiger partial charge in [0, 0.05) is 0 Å². The summed E-state index contributed by atoms with van der Waals surface area (Å²) in [7, 11) is 0. The van der Waals surface area contributed by atoms with Gasteiger partial charge in [-0.25, -0.2) is 0 Å². The topological polar surface area (TPSA) is 37.3 Å². The van der Waals surface area contributed by atoms with Gasteiger partial charge in [0.15, 0.2) is 0 Å². The third kappa shape index (κ3) is 3.03. The monoisotopic (exact) mass is 83.0 g/mol. The van der Waals surface area contributed by atoms with Crippen LogP contribution in [0.15, 0.2) is 0 Å². The maximum atomic E-state index is 9.40. The van der Waals surface area contributed by atoms with Gasteiger partial charge in [-0.05, 0) is 0 Å². The Kier molecular flexibility index (Phi) is 1.91. The minimum absolute atomic E-state index is 0.736. The summed E-state index contributed by atoms with van der Waals surface area (Å²) >= 11 is 0. The van der Waals surface area contributed by atoms with Crippen LogP contribution in [0.3, 0.4) is 0 Å². The Balaban J connectivity index is 3.13. The molecule has 0 aliphatic heterocycles. The van der Waals surface area contributed by atoms with Crippen molar-refractivity contribution in [3.05, 3.63) is 6.42 Å². The standard InChI is InChI=1S/C4H3O2/c1-2-3-4(5)6/h1,3H,(H,5,6). The molecular weight excluding hydrogens is 80.0 g/mol. The predicted molar refractivity (Wildman–Crippen MR) is 20.8 cm³/mol. The first-order valence-electron chi connectivity index (χ1n) is 1.29. The number of aliphatic carboxylic acids is 1. The highest BCUT2D eigenvalue weighted by Crippen LogP contribution is 1.65. The molecular formula is C4H3O2. The largest absolute Gasteiger partial charge is 0.480 e. The second kappa shape index (κ2) is 2.28. The van der Waals surface area contributed by atoms with E-state index in [-0.39, 0.29) is 0 Å². The minimum Gasteiger partial charge on any atom is -0.480 e. The number of rotatable bonds is 1. The summed E-state index contributed by atoms with van der Waals surface area (Å²) in [4.78, 5) is 9.40. The first kappa shape index (κ1) is 5.03. The lowest BCUT2D eigenvalue weighted by atomic mass is 10.5. The Morgan fingerprint density at radius 2 is 2.50 bits per heavy atom. The Morgan fingerprint density at radius 3 is 2.50 bits per heavy atom. The van der Waals surface area contributed by atoms with Crippen molar-refractivity contribution in [2.45, 2.75) is 0 Å². The highest BCUT2D eigenvalue weighted by Gasteiger charge is 1.86. The van der Waals surface area contributed by atoms with Crippen molar-refractivity contribution in [1.82, 2.24) is 0 Å². The van der Waals surface area contributed by atoms with Crippen LogP contribution in [0.1, 0.15) is 0 Å². The lowest BCUT2D eigenvalue weighted by Crippen LogP contribution is -1.90. The van der Waals surface area contributed by atoms with Gasteiger partial charge in [0.05, 0.1) is 0 Å². The zero-order valence-electron chi connectivity index (χ0n) is 3.01. The molecule has 1 N–H and O–H groups in total. The van der Waals surface area contributed by atoms with Gasteiger partial charge in [0.2, 0.25) is 0 Å². The second-order valence-electron chi connectivity index (χ2n) is 0.649. The summed E-state index contributed by atoms with van der Waals surface area (Å²) in [5.74, 6) is 0.771. The molecule has 0 aliphatic carbocycles. The average molecular weight is 83.1 g/mol. The first-order chi connectivity index (χ1) is 2.77. The second-order valence-corrected chi connectivity index (χ2v) is 0.649. The molecule has 0 aromatic rings. The predicted octanol–water partition coefficient (Wildman–Crippen LogP) is -0.0915. The van der Waals surface area contributed by atoms with E-state index in [1.165, 1.54) is 0 Å². The van der Waals surface area contributed by atoms with Crippen molar-refractivity contribution in [2.75, 3.05) is 0 Å².